The lowest BCUT2D eigenvalue weighted by Crippen LogP contribution is -1.99. The van der Waals surface area contributed by atoms with E-state index >= 15 is 0 Å². The molecule has 0 aliphatic rings. The van der Waals surface area contributed by atoms with E-state index in [-0.39, 0.29) is 0 Å². The number of nitrogens with one attached hydrogen (secondary N) is 1. The van der Waals surface area contributed by atoms with Crippen molar-refractivity contribution in [1.82, 2.24) is 18.7 Å². The van der Waals surface area contributed by atoms with Crippen molar-refractivity contribution in [1.29, 1.82) is 0 Å². The van der Waals surface area contributed by atoms with Crippen molar-refractivity contribution < 1.29 is 4.42 Å². The molecule has 6 nitrogen and oxygen atoms in total. The van der Waals surface area contributed by atoms with Gasteiger partial charge in [-0.2, -0.15) is 4.37 Å². The van der Waals surface area contributed by atoms with E-state index in [1.807, 2.05) is 42.0 Å². The molecule has 0 unspecified atom stereocenters. The Balaban J connectivity index is 1.86. The highest BCUT2D eigenvalue weighted by atomic mass is 32.2. The van der Waals surface area contributed by atoms with Gasteiger partial charge in [0, 0.05) is 6.20 Å². The summed E-state index contributed by atoms with van der Waals surface area (Å²) in [5.41, 5.74) is 2.63. The van der Waals surface area contributed by atoms with Gasteiger partial charge in [0.05, 0.1) is 18.2 Å². The number of nitrogens with zero attached hydrogens (tertiary/aromatic N) is 4. The van der Waals surface area contributed by atoms with Gasteiger partial charge in [-0.05, 0) is 42.9 Å². The van der Waals surface area contributed by atoms with Gasteiger partial charge in [-0.25, -0.2) is 9.97 Å². The zero-order valence-corrected chi connectivity index (χ0v) is 14.1. The standard InChI is InChI=1S/C15H13N5OS2/c1-9-6-12(23-19-9)17-14-15-16-7-10(11-4-3-5-21-11)20(15)8-13(18-14)22-2/h3-8H,1-2H3,(H,17,18). The molecule has 0 radical (unpaired) electrons. The molecule has 23 heavy (non-hydrogen) atoms. The summed E-state index contributed by atoms with van der Waals surface area (Å²) in [7, 11) is 0. The van der Waals surface area contributed by atoms with E-state index in [2.05, 4.69) is 19.7 Å². The van der Waals surface area contributed by atoms with Gasteiger partial charge < -0.3 is 9.73 Å². The van der Waals surface area contributed by atoms with Crippen molar-refractivity contribution in [3.8, 4) is 11.5 Å². The van der Waals surface area contributed by atoms with Gasteiger partial charge >= 0.3 is 0 Å². The highest BCUT2D eigenvalue weighted by Gasteiger charge is 2.15. The highest BCUT2D eigenvalue weighted by Crippen LogP contribution is 2.29. The molecule has 4 rings (SSSR count). The van der Waals surface area contributed by atoms with Crippen LogP contribution in [0.2, 0.25) is 0 Å². The monoisotopic (exact) mass is 343 g/mol. The van der Waals surface area contributed by atoms with Crippen LogP contribution >= 0.6 is 23.3 Å². The number of rotatable bonds is 4. The molecule has 116 valence electrons. The van der Waals surface area contributed by atoms with E-state index < -0.39 is 0 Å². The van der Waals surface area contributed by atoms with Crippen LogP contribution in [-0.2, 0) is 0 Å². The van der Waals surface area contributed by atoms with Crippen LogP contribution in [0, 0.1) is 6.92 Å². The number of thioether (sulfide) groups is 1. The topological polar surface area (TPSA) is 68.2 Å². The Morgan fingerprint density at radius 3 is 3.00 bits per heavy atom. The van der Waals surface area contributed by atoms with Crippen LogP contribution in [-0.4, -0.2) is 25.0 Å². The fraction of sp³-hybridized carbons (Fsp3) is 0.133. The minimum atomic E-state index is 0.707. The lowest BCUT2D eigenvalue weighted by molar-refractivity contribution is 0.579. The Hall–Kier alpha value is -2.32. The average molecular weight is 343 g/mol. The third kappa shape index (κ3) is 2.60. The third-order valence-corrected chi connectivity index (χ3v) is 4.73. The Morgan fingerprint density at radius 2 is 2.30 bits per heavy atom. The lowest BCUT2D eigenvalue weighted by Gasteiger charge is -2.07. The number of fused-ring (bicyclic) bond motifs is 1. The summed E-state index contributed by atoms with van der Waals surface area (Å²) in [4.78, 5) is 9.14. The van der Waals surface area contributed by atoms with Crippen molar-refractivity contribution in [2.75, 3.05) is 11.6 Å². The SMILES string of the molecule is CSc1cn2c(-c3ccco3)cnc2c(Nc2cc(C)ns2)n1. The second-order valence-electron chi connectivity index (χ2n) is 4.90. The quantitative estimate of drug-likeness (QED) is 0.560. The predicted octanol–water partition coefficient (Wildman–Crippen LogP) is 4.22. The first-order chi connectivity index (χ1) is 11.2. The van der Waals surface area contributed by atoms with Gasteiger partial charge in [0.25, 0.3) is 0 Å². The Bertz CT molecular complexity index is 958. The molecule has 1 N–H and O–H groups in total. The number of hydrogen-bond acceptors (Lipinski definition) is 7. The van der Waals surface area contributed by atoms with Gasteiger partial charge in [-0.3, -0.25) is 4.40 Å². The normalized spacial score (nSPS) is 11.2. The Morgan fingerprint density at radius 1 is 1.39 bits per heavy atom. The van der Waals surface area contributed by atoms with Gasteiger partial charge in [0.15, 0.2) is 17.2 Å². The maximum Gasteiger partial charge on any atom is 0.181 e. The molecule has 0 aliphatic heterocycles. The number of aromatic nitrogens is 4. The molecule has 4 aromatic heterocycles. The van der Waals surface area contributed by atoms with Gasteiger partial charge in [0.2, 0.25) is 0 Å². The second-order valence-corrected chi connectivity index (χ2v) is 6.54. The molecule has 4 aromatic rings. The van der Waals surface area contributed by atoms with Crippen LogP contribution in [0.25, 0.3) is 17.1 Å². The van der Waals surface area contributed by atoms with Crippen LogP contribution in [0.4, 0.5) is 10.8 Å². The van der Waals surface area contributed by atoms with Crippen LogP contribution in [0.15, 0.2) is 46.3 Å². The summed E-state index contributed by atoms with van der Waals surface area (Å²) in [5, 5.41) is 5.16. The van der Waals surface area contributed by atoms with Crippen molar-refractivity contribution in [2.24, 2.45) is 0 Å². The summed E-state index contributed by atoms with van der Waals surface area (Å²) in [6.07, 6.45) is 7.42. The number of aryl methyl sites for hydroxylation is 1. The molecule has 0 spiro atoms. The molecule has 0 saturated heterocycles. The summed E-state index contributed by atoms with van der Waals surface area (Å²) >= 11 is 2.99. The predicted molar refractivity (Wildman–Crippen MR) is 92.6 cm³/mol. The first-order valence-corrected chi connectivity index (χ1v) is 8.91. The molecular weight excluding hydrogens is 330 g/mol. The van der Waals surface area contributed by atoms with Crippen LogP contribution < -0.4 is 5.32 Å². The van der Waals surface area contributed by atoms with Crippen LogP contribution in [0.5, 0.6) is 0 Å². The number of imidazole rings is 1. The molecule has 0 aliphatic carbocycles. The number of furan rings is 1. The van der Waals surface area contributed by atoms with E-state index in [0.29, 0.717) is 5.82 Å². The summed E-state index contributed by atoms with van der Waals surface area (Å²) in [6, 6.07) is 5.78. The van der Waals surface area contributed by atoms with Gasteiger partial charge in [0.1, 0.15) is 15.7 Å². The molecule has 0 atom stereocenters. The second kappa shape index (κ2) is 5.71. The molecular formula is C15H13N5OS2. The molecule has 0 bridgehead atoms. The summed E-state index contributed by atoms with van der Waals surface area (Å²) in [6.45, 7) is 1.97. The van der Waals surface area contributed by atoms with Crippen molar-refractivity contribution >= 4 is 39.8 Å². The van der Waals surface area contributed by atoms with E-state index in [1.54, 1.807) is 24.2 Å². The molecule has 0 fully saturated rings. The minimum absolute atomic E-state index is 0.707. The average Bonchev–Trinajstić information content (AvgIpc) is 3.27. The maximum atomic E-state index is 5.50. The lowest BCUT2D eigenvalue weighted by atomic mass is 10.3. The first-order valence-electron chi connectivity index (χ1n) is 6.91. The fourth-order valence-electron chi connectivity index (χ4n) is 2.29. The third-order valence-electron chi connectivity index (χ3n) is 3.32. The zero-order valence-electron chi connectivity index (χ0n) is 12.5. The summed E-state index contributed by atoms with van der Waals surface area (Å²) in [5.74, 6) is 1.48. The van der Waals surface area contributed by atoms with Gasteiger partial charge in [-0.1, -0.05) is 0 Å². The minimum Gasteiger partial charge on any atom is -0.463 e. The molecule has 0 aromatic carbocycles. The molecule has 4 heterocycles. The van der Waals surface area contributed by atoms with Crippen molar-refractivity contribution in [2.45, 2.75) is 11.9 Å². The smallest absolute Gasteiger partial charge is 0.181 e. The highest BCUT2D eigenvalue weighted by molar-refractivity contribution is 7.98. The van der Waals surface area contributed by atoms with Crippen molar-refractivity contribution in [3.05, 3.63) is 42.5 Å². The van der Waals surface area contributed by atoms with E-state index in [0.717, 1.165) is 32.8 Å². The first kappa shape index (κ1) is 14.3. The van der Waals surface area contributed by atoms with Gasteiger partial charge in [-0.15, -0.1) is 11.8 Å². The van der Waals surface area contributed by atoms with E-state index in [9.17, 15) is 0 Å². The number of hydrogen-bond donors (Lipinski definition) is 1. The molecule has 0 amide bonds. The van der Waals surface area contributed by atoms with E-state index in [4.69, 9.17) is 4.42 Å². The Labute approximate surface area is 140 Å². The van der Waals surface area contributed by atoms with Crippen molar-refractivity contribution in [3.63, 3.8) is 0 Å². The number of anilines is 2. The van der Waals surface area contributed by atoms with E-state index in [1.165, 1.54) is 11.5 Å². The molecule has 0 saturated carbocycles. The van der Waals surface area contributed by atoms with Crippen LogP contribution in [0.3, 0.4) is 0 Å². The summed E-state index contributed by atoms with van der Waals surface area (Å²) < 4.78 is 11.8. The fourth-order valence-corrected chi connectivity index (χ4v) is 3.35. The Kier molecular flexibility index (Phi) is 3.55. The maximum absolute atomic E-state index is 5.50. The molecule has 8 heteroatoms. The zero-order chi connectivity index (χ0) is 15.8. The van der Waals surface area contributed by atoms with Crippen LogP contribution in [0.1, 0.15) is 5.69 Å². The largest absolute Gasteiger partial charge is 0.463 e.